The summed E-state index contributed by atoms with van der Waals surface area (Å²) in [6.45, 7) is 7.97. The van der Waals surface area contributed by atoms with Gasteiger partial charge in [-0.1, -0.05) is 60.5 Å². The molecular formula is C28H31Cl2NO3. The van der Waals surface area contributed by atoms with Crippen molar-refractivity contribution in [1.82, 2.24) is 4.90 Å². The first kappa shape index (κ1) is 24.8. The number of piperidine rings is 1. The Balaban J connectivity index is 1.92. The average Bonchev–Trinajstić information content (AvgIpc) is 3.63. The van der Waals surface area contributed by atoms with E-state index in [0.29, 0.717) is 22.9 Å². The first-order valence-corrected chi connectivity index (χ1v) is 12.7. The number of allylic oxidation sites excluding steroid dienone is 1. The second kappa shape index (κ2) is 10.1. The summed E-state index contributed by atoms with van der Waals surface area (Å²) in [6.07, 6.45) is 4.74. The van der Waals surface area contributed by atoms with Crippen LogP contribution < -0.4 is 0 Å². The molecule has 4 nitrogen and oxygen atoms in total. The minimum atomic E-state index is -0.697. The molecule has 1 aliphatic heterocycles. The molecule has 1 heterocycles. The number of amides is 1. The number of rotatable bonds is 8. The monoisotopic (exact) mass is 499 g/mol. The van der Waals surface area contributed by atoms with Gasteiger partial charge >= 0.3 is 5.97 Å². The Hall–Kier alpha value is -2.30. The Bertz CT molecular complexity index is 1070. The Labute approximate surface area is 211 Å². The highest BCUT2D eigenvalue weighted by Gasteiger charge is 2.55. The van der Waals surface area contributed by atoms with Gasteiger partial charge in [0.05, 0.1) is 18.1 Å². The van der Waals surface area contributed by atoms with Crippen LogP contribution in [0.1, 0.15) is 62.6 Å². The normalized spacial score (nSPS) is 25.6. The largest absolute Gasteiger partial charge is 0.464 e. The van der Waals surface area contributed by atoms with E-state index in [0.717, 1.165) is 24.0 Å². The molecule has 1 unspecified atom stereocenters. The van der Waals surface area contributed by atoms with Gasteiger partial charge in [-0.25, -0.2) is 4.79 Å². The van der Waals surface area contributed by atoms with Crippen LogP contribution in [0.25, 0.3) is 0 Å². The van der Waals surface area contributed by atoms with Crippen LogP contribution in [0.15, 0.2) is 61.2 Å². The van der Waals surface area contributed by atoms with Crippen LogP contribution in [0.3, 0.4) is 0 Å². The number of esters is 1. The molecule has 2 aliphatic rings. The molecule has 0 N–H and O–H groups in total. The van der Waals surface area contributed by atoms with Crippen LogP contribution in [0.5, 0.6) is 0 Å². The van der Waals surface area contributed by atoms with E-state index in [4.69, 9.17) is 27.9 Å². The lowest BCUT2D eigenvalue weighted by Crippen LogP contribution is -2.58. The molecule has 0 bridgehead atoms. The van der Waals surface area contributed by atoms with E-state index in [9.17, 15) is 9.59 Å². The summed E-state index contributed by atoms with van der Waals surface area (Å²) in [5, 5.41) is 1.27. The molecule has 6 heteroatoms. The van der Waals surface area contributed by atoms with Gasteiger partial charge in [-0.15, -0.1) is 6.58 Å². The number of halogens is 2. The standard InChI is InChI=1S/C28H31Cl2NO3/c1-4-15-28(3)17-23(20-7-6-8-22(30)16-20)24(18-11-13-21(29)14-12-18)31(27(28)33)25(19-9-10-19)26(32)34-5-2/h4,6-8,11-14,16,19,23-25H,1,5,9-10,15,17H2,2-3H3/t23-,24-,25?,28+/m1/s1. The van der Waals surface area contributed by atoms with Gasteiger partial charge in [-0.05, 0) is 73.9 Å². The fraction of sp³-hybridized carbons (Fsp3) is 0.429. The fourth-order valence-corrected chi connectivity index (χ4v) is 5.69. The fourth-order valence-electron chi connectivity index (χ4n) is 5.37. The van der Waals surface area contributed by atoms with Crippen LogP contribution in [-0.2, 0) is 14.3 Å². The van der Waals surface area contributed by atoms with Crippen LogP contribution in [0.2, 0.25) is 10.0 Å². The van der Waals surface area contributed by atoms with Crippen LogP contribution in [-0.4, -0.2) is 29.4 Å². The Morgan fingerprint density at radius 2 is 1.88 bits per heavy atom. The number of benzene rings is 2. The number of hydrogen-bond donors (Lipinski definition) is 0. The molecule has 0 spiro atoms. The summed E-state index contributed by atoms with van der Waals surface area (Å²) in [6, 6.07) is 14.4. The molecule has 1 amide bonds. The van der Waals surface area contributed by atoms with Crippen molar-refractivity contribution in [3.05, 3.63) is 82.4 Å². The van der Waals surface area contributed by atoms with Crippen molar-refractivity contribution in [2.24, 2.45) is 11.3 Å². The van der Waals surface area contributed by atoms with Gasteiger partial charge in [0.15, 0.2) is 0 Å². The van der Waals surface area contributed by atoms with E-state index in [2.05, 4.69) is 12.6 Å². The summed E-state index contributed by atoms with van der Waals surface area (Å²) in [5.41, 5.74) is 1.29. The van der Waals surface area contributed by atoms with Crippen molar-refractivity contribution < 1.29 is 14.3 Å². The molecule has 0 radical (unpaired) electrons. The molecule has 180 valence electrons. The smallest absolute Gasteiger partial charge is 0.329 e. The highest BCUT2D eigenvalue weighted by Crippen LogP contribution is 2.54. The Kier molecular flexibility index (Phi) is 7.39. The summed E-state index contributed by atoms with van der Waals surface area (Å²) < 4.78 is 5.50. The van der Waals surface area contributed by atoms with Crippen molar-refractivity contribution in [1.29, 1.82) is 0 Å². The predicted octanol–water partition coefficient (Wildman–Crippen LogP) is 6.97. The number of ether oxygens (including phenoxy) is 1. The van der Waals surface area contributed by atoms with Gasteiger partial charge in [0.25, 0.3) is 0 Å². The number of carbonyl (C=O) groups is 2. The number of nitrogens with zero attached hydrogens (tertiary/aromatic N) is 1. The third-order valence-corrected chi connectivity index (χ3v) is 7.57. The highest BCUT2D eigenvalue weighted by atomic mass is 35.5. The average molecular weight is 500 g/mol. The molecule has 1 saturated heterocycles. The van der Waals surface area contributed by atoms with Crippen LogP contribution in [0, 0.1) is 11.3 Å². The van der Waals surface area contributed by atoms with Gasteiger partial charge in [0.2, 0.25) is 5.91 Å². The zero-order valence-electron chi connectivity index (χ0n) is 19.7. The van der Waals surface area contributed by atoms with Gasteiger partial charge in [0.1, 0.15) is 6.04 Å². The van der Waals surface area contributed by atoms with Crippen molar-refractivity contribution in [2.45, 2.75) is 57.5 Å². The molecular weight excluding hydrogens is 469 g/mol. The molecule has 2 aromatic carbocycles. The van der Waals surface area contributed by atoms with Gasteiger partial charge in [-0.3, -0.25) is 4.79 Å². The van der Waals surface area contributed by atoms with Gasteiger partial charge < -0.3 is 9.64 Å². The quantitative estimate of drug-likeness (QED) is 0.290. The number of hydrogen-bond acceptors (Lipinski definition) is 3. The summed E-state index contributed by atoms with van der Waals surface area (Å²) in [7, 11) is 0. The van der Waals surface area contributed by atoms with Crippen molar-refractivity contribution >= 4 is 35.1 Å². The summed E-state index contributed by atoms with van der Waals surface area (Å²) >= 11 is 12.6. The van der Waals surface area contributed by atoms with E-state index in [-0.39, 0.29) is 36.4 Å². The Morgan fingerprint density at radius 1 is 1.18 bits per heavy atom. The third-order valence-electron chi connectivity index (χ3n) is 7.08. The van der Waals surface area contributed by atoms with E-state index in [1.807, 2.05) is 54.3 Å². The summed E-state index contributed by atoms with van der Waals surface area (Å²) in [4.78, 5) is 29.4. The SMILES string of the molecule is C=CC[C@@]1(C)C[C@H](c2cccc(Cl)c2)[C@@H](c2ccc(Cl)cc2)N(C(C(=O)OCC)C2CC2)C1=O. The molecule has 4 rings (SSSR count). The molecule has 34 heavy (non-hydrogen) atoms. The first-order valence-electron chi connectivity index (χ1n) is 11.9. The van der Waals surface area contributed by atoms with E-state index in [1.54, 1.807) is 13.0 Å². The molecule has 1 saturated carbocycles. The lowest BCUT2D eigenvalue weighted by molar-refractivity contribution is -0.167. The zero-order chi connectivity index (χ0) is 24.5. The van der Waals surface area contributed by atoms with Crippen molar-refractivity contribution in [3.63, 3.8) is 0 Å². The van der Waals surface area contributed by atoms with Crippen LogP contribution >= 0.6 is 23.2 Å². The van der Waals surface area contributed by atoms with Crippen molar-refractivity contribution in [2.75, 3.05) is 6.61 Å². The highest BCUT2D eigenvalue weighted by molar-refractivity contribution is 6.30. The Morgan fingerprint density at radius 3 is 2.47 bits per heavy atom. The van der Waals surface area contributed by atoms with E-state index < -0.39 is 11.5 Å². The summed E-state index contributed by atoms with van der Waals surface area (Å²) in [5.74, 6) is -0.331. The topological polar surface area (TPSA) is 46.6 Å². The second-order valence-corrected chi connectivity index (χ2v) is 10.5. The lowest BCUT2D eigenvalue weighted by atomic mass is 9.67. The molecule has 1 aliphatic carbocycles. The van der Waals surface area contributed by atoms with Gasteiger partial charge in [0, 0.05) is 16.0 Å². The first-order chi connectivity index (χ1) is 16.3. The number of likely N-dealkylation sites (tertiary alicyclic amines) is 1. The van der Waals surface area contributed by atoms with Gasteiger partial charge in [-0.2, -0.15) is 0 Å². The zero-order valence-corrected chi connectivity index (χ0v) is 21.2. The minimum Gasteiger partial charge on any atom is -0.464 e. The predicted molar refractivity (Wildman–Crippen MR) is 136 cm³/mol. The minimum absolute atomic E-state index is 0.0319. The third kappa shape index (κ3) is 4.89. The molecule has 0 aromatic heterocycles. The molecule has 2 aromatic rings. The maximum atomic E-state index is 14.2. The van der Waals surface area contributed by atoms with E-state index >= 15 is 0 Å². The van der Waals surface area contributed by atoms with Crippen molar-refractivity contribution in [3.8, 4) is 0 Å². The van der Waals surface area contributed by atoms with E-state index in [1.165, 1.54) is 0 Å². The second-order valence-electron chi connectivity index (χ2n) is 9.66. The van der Waals surface area contributed by atoms with Crippen LogP contribution in [0.4, 0.5) is 0 Å². The molecule has 4 atom stereocenters. The molecule has 2 fully saturated rings. The maximum absolute atomic E-state index is 14.2. The number of carbonyl (C=O) groups excluding carboxylic acids is 2. The lowest BCUT2D eigenvalue weighted by Gasteiger charge is -2.51. The maximum Gasteiger partial charge on any atom is 0.329 e.